The lowest BCUT2D eigenvalue weighted by atomic mass is 10.1. The molecule has 106 valence electrons. The second kappa shape index (κ2) is 6.18. The molecule has 1 aliphatic rings. The Morgan fingerprint density at radius 1 is 1.19 bits per heavy atom. The highest BCUT2D eigenvalue weighted by Gasteiger charge is 2.22. The maximum absolute atomic E-state index is 9.12. The fourth-order valence-electron chi connectivity index (χ4n) is 2.54. The second-order valence-corrected chi connectivity index (χ2v) is 4.99. The van der Waals surface area contributed by atoms with Gasteiger partial charge in [-0.3, -0.25) is 0 Å². The molecule has 1 atom stereocenters. The van der Waals surface area contributed by atoms with Crippen LogP contribution in [0.4, 0.5) is 11.8 Å². The van der Waals surface area contributed by atoms with Crippen molar-refractivity contribution in [1.29, 1.82) is 5.26 Å². The Labute approximate surface area is 123 Å². The third-order valence-corrected chi connectivity index (χ3v) is 3.53. The van der Waals surface area contributed by atoms with Gasteiger partial charge in [-0.25, -0.2) is 15.0 Å². The summed E-state index contributed by atoms with van der Waals surface area (Å²) in [6, 6.07) is 7.77. The summed E-state index contributed by atoms with van der Waals surface area (Å²) in [5.74, 6) is 1.41. The number of hydrogen-bond donors (Lipinski definition) is 1. The summed E-state index contributed by atoms with van der Waals surface area (Å²) in [4.78, 5) is 15.0. The number of rotatable bonds is 3. The molecule has 21 heavy (non-hydrogen) atoms. The molecule has 0 aliphatic carbocycles. The predicted octanol–water partition coefficient (Wildman–Crippen LogP) is 1.82. The number of pyridine rings is 1. The molecule has 0 spiro atoms. The highest BCUT2D eigenvalue weighted by atomic mass is 15.3. The summed E-state index contributed by atoms with van der Waals surface area (Å²) < 4.78 is 0. The van der Waals surface area contributed by atoms with Gasteiger partial charge in [0.1, 0.15) is 11.9 Å². The topological polar surface area (TPSA) is 77.7 Å². The lowest BCUT2D eigenvalue weighted by molar-refractivity contribution is 0.521. The summed E-state index contributed by atoms with van der Waals surface area (Å²) >= 11 is 0. The van der Waals surface area contributed by atoms with Gasteiger partial charge >= 0.3 is 0 Å². The molecular weight excluding hydrogens is 264 g/mol. The lowest BCUT2D eigenvalue weighted by Crippen LogP contribution is -2.43. The van der Waals surface area contributed by atoms with Crippen molar-refractivity contribution in [2.75, 3.05) is 23.3 Å². The van der Waals surface area contributed by atoms with E-state index in [1.807, 2.05) is 6.07 Å². The molecule has 1 fully saturated rings. The third-order valence-electron chi connectivity index (χ3n) is 3.53. The van der Waals surface area contributed by atoms with Crippen molar-refractivity contribution in [2.45, 2.75) is 18.9 Å². The number of hydrogen-bond acceptors (Lipinski definition) is 6. The van der Waals surface area contributed by atoms with E-state index in [1.54, 1.807) is 30.7 Å². The minimum atomic E-state index is 0.240. The Morgan fingerprint density at radius 3 is 2.81 bits per heavy atom. The zero-order valence-corrected chi connectivity index (χ0v) is 11.6. The van der Waals surface area contributed by atoms with Crippen LogP contribution < -0.4 is 10.2 Å². The molecule has 0 bridgehead atoms. The van der Waals surface area contributed by atoms with E-state index in [0.29, 0.717) is 11.4 Å². The molecule has 0 radical (unpaired) electrons. The highest BCUT2D eigenvalue weighted by Crippen LogP contribution is 2.19. The fraction of sp³-hybridized carbons (Fsp3) is 0.333. The first-order valence-electron chi connectivity index (χ1n) is 7.00. The van der Waals surface area contributed by atoms with Gasteiger partial charge in [-0.05, 0) is 31.0 Å². The van der Waals surface area contributed by atoms with Gasteiger partial charge in [-0.1, -0.05) is 0 Å². The summed E-state index contributed by atoms with van der Waals surface area (Å²) in [6.07, 6.45) is 7.32. The molecular formula is C15H16N6. The molecule has 2 aromatic rings. The van der Waals surface area contributed by atoms with Crippen molar-refractivity contribution in [2.24, 2.45) is 0 Å². The summed E-state index contributed by atoms with van der Waals surface area (Å²) in [5.41, 5.74) is 0.575. The first-order chi connectivity index (χ1) is 10.4. The Morgan fingerprint density at radius 2 is 2.00 bits per heavy atom. The van der Waals surface area contributed by atoms with Crippen LogP contribution >= 0.6 is 0 Å². The van der Waals surface area contributed by atoms with Gasteiger partial charge in [0.05, 0.1) is 5.56 Å². The van der Waals surface area contributed by atoms with Gasteiger partial charge in [0, 0.05) is 37.7 Å². The van der Waals surface area contributed by atoms with Crippen molar-refractivity contribution in [1.82, 2.24) is 15.0 Å². The average Bonchev–Trinajstić information content (AvgIpc) is 2.56. The van der Waals surface area contributed by atoms with Crippen LogP contribution in [0.2, 0.25) is 0 Å². The smallest absolute Gasteiger partial charge is 0.225 e. The van der Waals surface area contributed by atoms with Crippen LogP contribution in [0.1, 0.15) is 18.4 Å². The third kappa shape index (κ3) is 3.08. The molecule has 0 unspecified atom stereocenters. The van der Waals surface area contributed by atoms with Crippen LogP contribution in [0.3, 0.4) is 0 Å². The number of anilines is 2. The van der Waals surface area contributed by atoms with Gasteiger partial charge in [0.2, 0.25) is 5.95 Å². The molecule has 3 rings (SSSR count). The minimum absolute atomic E-state index is 0.240. The van der Waals surface area contributed by atoms with Crippen molar-refractivity contribution in [3.63, 3.8) is 0 Å². The molecule has 1 N–H and O–H groups in total. The van der Waals surface area contributed by atoms with E-state index < -0.39 is 0 Å². The maximum Gasteiger partial charge on any atom is 0.225 e. The minimum Gasteiger partial charge on any atom is -0.364 e. The number of piperidine rings is 1. The van der Waals surface area contributed by atoms with Gasteiger partial charge in [-0.15, -0.1) is 0 Å². The molecule has 0 saturated carbocycles. The zero-order valence-electron chi connectivity index (χ0n) is 11.6. The normalized spacial score (nSPS) is 18.0. The van der Waals surface area contributed by atoms with Gasteiger partial charge in [0.25, 0.3) is 0 Å². The molecule has 0 aromatic carbocycles. The van der Waals surface area contributed by atoms with E-state index in [4.69, 9.17) is 5.26 Å². The average molecular weight is 280 g/mol. The van der Waals surface area contributed by atoms with Crippen molar-refractivity contribution < 1.29 is 0 Å². The van der Waals surface area contributed by atoms with Crippen LogP contribution in [-0.4, -0.2) is 34.1 Å². The monoisotopic (exact) mass is 280 g/mol. The quantitative estimate of drug-likeness (QED) is 0.924. The van der Waals surface area contributed by atoms with Crippen LogP contribution in [-0.2, 0) is 0 Å². The Hall–Kier alpha value is -2.68. The first-order valence-corrected chi connectivity index (χ1v) is 7.00. The molecule has 6 nitrogen and oxygen atoms in total. The Bertz CT molecular complexity index is 636. The predicted molar refractivity (Wildman–Crippen MR) is 79.8 cm³/mol. The van der Waals surface area contributed by atoms with E-state index in [1.165, 1.54) is 0 Å². The number of aromatic nitrogens is 3. The van der Waals surface area contributed by atoms with Crippen molar-refractivity contribution in [3.05, 3.63) is 42.4 Å². The van der Waals surface area contributed by atoms with Gasteiger partial charge in [0.15, 0.2) is 0 Å². The number of nitrogens with one attached hydrogen (secondary N) is 1. The van der Waals surface area contributed by atoms with E-state index in [2.05, 4.69) is 31.2 Å². The SMILES string of the molecule is N#Cc1cccnc1N[C@@H]1CCCN(c2ncccn2)C1. The maximum atomic E-state index is 9.12. The first kappa shape index (κ1) is 13.3. The van der Waals surface area contributed by atoms with E-state index in [0.717, 1.165) is 31.9 Å². The van der Waals surface area contributed by atoms with Crippen LogP contribution in [0.5, 0.6) is 0 Å². The lowest BCUT2D eigenvalue weighted by Gasteiger charge is -2.33. The van der Waals surface area contributed by atoms with E-state index >= 15 is 0 Å². The molecule has 2 aromatic heterocycles. The van der Waals surface area contributed by atoms with Crippen LogP contribution in [0.15, 0.2) is 36.8 Å². The van der Waals surface area contributed by atoms with Gasteiger partial charge in [-0.2, -0.15) is 5.26 Å². The van der Waals surface area contributed by atoms with Crippen molar-refractivity contribution >= 4 is 11.8 Å². The summed E-state index contributed by atoms with van der Waals surface area (Å²) in [7, 11) is 0. The second-order valence-electron chi connectivity index (χ2n) is 4.99. The molecule has 6 heteroatoms. The molecule has 3 heterocycles. The van der Waals surface area contributed by atoms with Crippen LogP contribution in [0.25, 0.3) is 0 Å². The van der Waals surface area contributed by atoms with Gasteiger partial charge < -0.3 is 10.2 Å². The Balaban J connectivity index is 1.71. The van der Waals surface area contributed by atoms with E-state index in [-0.39, 0.29) is 6.04 Å². The van der Waals surface area contributed by atoms with E-state index in [9.17, 15) is 0 Å². The largest absolute Gasteiger partial charge is 0.364 e. The number of nitrogens with zero attached hydrogens (tertiary/aromatic N) is 5. The number of nitriles is 1. The zero-order chi connectivity index (χ0) is 14.5. The molecule has 0 amide bonds. The fourth-order valence-corrected chi connectivity index (χ4v) is 2.54. The Kier molecular flexibility index (Phi) is 3.92. The van der Waals surface area contributed by atoms with Crippen LogP contribution in [0, 0.1) is 11.3 Å². The summed E-state index contributed by atoms with van der Waals surface area (Å²) in [5, 5.41) is 12.5. The standard InChI is InChI=1S/C15H16N6/c16-10-12-4-1-6-17-14(12)20-13-5-2-9-21(11-13)15-18-7-3-8-19-15/h1,3-4,6-8,13H,2,5,9,11H2,(H,17,20)/t13-/m1/s1. The molecule has 1 aliphatic heterocycles. The summed E-state index contributed by atoms with van der Waals surface area (Å²) in [6.45, 7) is 1.76. The highest BCUT2D eigenvalue weighted by molar-refractivity contribution is 5.52. The molecule has 1 saturated heterocycles. The van der Waals surface area contributed by atoms with Crippen molar-refractivity contribution in [3.8, 4) is 6.07 Å².